The molecule has 3 N–H and O–H groups in total. The number of nitrogens with two attached hydrogens (primary N) is 1. The number of nitrogens with one attached hydrogen (secondary N) is 1. The molecule has 6 nitrogen and oxygen atoms in total. The lowest BCUT2D eigenvalue weighted by Gasteiger charge is -2.08. The highest BCUT2D eigenvalue weighted by Gasteiger charge is 2.10. The Morgan fingerprint density at radius 3 is 2.60 bits per heavy atom. The zero-order valence-corrected chi connectivity index (χ0v) is 10.1. The van der Waals surface area contributed by atoms with Gasteiger partial charge in [0.25, 0.3) is 5.56 Å². The van der Waals surface area contributed by atoms with Crippen LogP contribution in [0.1, 0.15) is 0 Å². The molecule has 0 bridgehead atoms. The van der Waals surface area contributed by atoms with Crippen LogP contribution in [0.25, 0.3) is 16.7 Å². The van der Waals surface area contributed by atoms with E-state index in [1.54, 1.807) is 0 Å². The Morgan fingerprint density at radius 2 is 1.90 bits per heavy atom. The summed E-state index contributed by atoms with van der Waals surface area (Å²) in [5.74, 6) is -0.423. The lowest BCUT2D eigenvalue weighted by molar-refractivity contribution is 0.627. The lowest BCUT2D eigenvalue weighted by Crippen LogP contribution is -2.29. The molecule has 3 rings (SSSR count). The fraction of sp³-hybridized carbons (Fsp3) is 0. The van der Waals surface area contributed by atoms with Crippen LogP contribution in [0, 0.1) is 5.82 Å². The quantitative estimate of drug-likeness (QED) is 0.685. The van der Waals surface area contributed by atoms with Crippen LogP contribution in [-0.2, 0) is 0 Å². The molecular formula is C13H9FN4O2. The van der Waals surface area contributed by atoms with E-state index in [0.29, 0.717) is 11.4 Å². The SMILES string of the molecule is Nc1cnc2c(c1)c(=O)[nH]c(=O)n2-c1ccc(F)cc1. The van der Waals surface area contributed by atoms with Crippen molar-refractivity contribution in [3.8, 4) is 5.69 Å². The van der Waals surface area contributed by atoms with Crippen molar-refractivity contribution >= 4 is 16.7 Å². The van der Waals surface area contributed by atoms with E-state index >= 15 is 0 Å². The highest BCUT2D eigenvalue weighted by Crippen LogP contribution is 2.13. The normalized spacial score (nSPS) is 10.8. The van der Waals surface area contributed by atoms with Crippen molar-refractivity contribution in [3.63, 3.8) is 0 Å². The molecule has 3 aromatic rings. The van der Waals surface area contributed by atoms with Crippen molar-refractivity contribution in [1.82, 2.24) is 14.5 Å². The van der Waals surface area contributed by atoms with Gasteiger partial charge in [-0.3, -0.25) is 9.78 Å². The summed E-state index contributed by atoms with van der Waals surface area (Å²) in [6.07, 6.45) is 1.35. The van der Waals surface area contributed by atoms with Crippen LogP contribution >= 0.6 is 0 Å². The molecule has 2 aromatic heterocycles. The van der Waals surface area contributed by atoms with Crippen LogP contribution < -0.4 is 17.0 Å². The van der Waals surface area contributed by atoms with Crippen molar-refractivity contribution < 1.29 is 4.39 Å². The Kier molecular flexibility index (Phi) is 2.60. The van der Waals surface area contributed by atoms with Crippen molar-refractivity contribution in [2.24, 2.45) is 0 Å². The molecule has 0 aliphatic rings. The molecule has 0 fully saturated rings. The number of benzene rings is 1. The highest BCUT2D eigenvalue weighted by molar-refractivity contribution is 5.78. The Morgan fingerprint density at radius 1 is 1.20 bits per heavy atom. The largest absolute Gasteiger partial charge is 0.397 e. The van der Waals surface area contributed by atoms with Gasteiger partial charge in [-0.15, -0.1) is 0 Å². The monoisotopic (exact) mass is 272 g/mol. The Hall–Kier alpha value is -2.96. The molecule has 0 aliphatic carbocycles. The molecule has 0 radical (unpaired) electrons. The highest BCUT2D eigenvalue weighted by atomic mass is 19.1. The van der Waals surface area contributed by atoms with E-state index < -0.39 is 17.1 Å². The fourth-order valence-electron chi connectivity index (χ4n) is 1.97. The predicted octanol–water partition coefficient (Wildman–Crippen LogP) is 0.795. The second-order valence-corrected chi connectivity index (χ2v) is 4.21. The van der Waals surface area contributed by atoms with Crippen LogP contribution in [0.2, 0.25) is 0 Å². The number of nitrogen functional groups attached to an aromatic ring is 1. The summed E-state index contributed by atoms with van der Waals surface area (Å²) in [5.41, 5.74) is 5.25. The number of hydrogen-bond acceptors (Lipinski definition) is 4. The van der Waals surface area contributed by atoms with Crippen LogP contribution in [0.4, 0.5) is 10.1 Å². The molecule has 0 unspecified atom stereocenters. The van der Waals surface area contributed by atoms with Crippen molar-refractivity contribution in [2.45, 2.75) is 0 Å². The number of rotatable bonds is 1. The first-order chi connectivity index (χ1) is 9.56. The number of halogens is 1. The summed E-state index contributed by atoms with van der Waals surface area (Å²) < 4.78 is 14.1. The number of aromatic amines is 1. The van der Waals surface area contributed by atoms with Crippen molar-refractivity contribution in [1.29, 1.82) is 0 Å². The van der Waals surface area contributed by atoms with Gasteiger partial charge >= 0.3 is 5.69 Å². The van der Waals surface area contributed by atoms with E-state index in [0.717, 1.165) is 0 Å². The minimum Gasteiger partial charge on any atom is -0.397 e. The lowest BCUT2D eigenvalue weighted by atomic mass is 10.2. The first-order valence-corrected chi connectivity index (χ1v) is 5.73. The van der Waals surface area contributed by atoms with Gasteiger partial charge in [0, 0.05) is 0 Å². The van der Waals surface area contributed by atoms with Gasteiger partial charge in [-0.1, -0.05) is 0 Å². The van der Waals surface area contributed by atoms with Crippen LogP contribution in [0.3, 0.4) is 0 Å². The summed E-state index contributed by atoms with van der Waals surface area (Å²) in [7, 11) is 0. The molecule has 20 heavy (non-hydrogen) atoms. The van der Waals surface area contributed by atoms with Gasteiger partial charge in [0.1, 0.15) is 5.82 Å². The molecule has 0 aliphatic heterocycles. The van der Waals surface area contributed by atoms with Gasteiger partial charge in [0.05, 0.1) is 23.0 Å². The first kappa shape index (κ1) is 12.1. The Labute approximate surface area is 111 Å². The van der Waals surface area contributed by atoms with E-state index in [1.165, 1.54) is 41.1 Å². The van der Waals surface area contributed by atoms with Gasteiger partial charge < -0.3 is 5.73 Å². The summed E-state index contributed by atoms with van der Waals surface area (Å²) in [5, 5.41) is 0.189. The van der Waals surface area contributed by atoms with E-state index in [9.17, 15) is 14.0 Å². The third kappa shape index (κ3) is 1.85. The molecule has 2 heterocycles. The standard InChI is InChI=1S/C13H9FN4O2/c14-7-1-3-9(4-2-7)18-11-10(5-8(15)6-16-11)12(19)17-13(18)20/h1-6H,15H2,(H,17,19,20). The Balaban J connectivity index is 2.44. The summed E-state index contributed by atoms with van der Waals surface area (Å²) >= 11 is 0. The van der Waals surface area contributed by atoms with Crippen LogP contribution in [-0.4, -0.2) is 14.5 Å². The van der Waals surface area contributed by atoms with Crippen LogP contribution in [0.15, 0.2) is 46.1 Å². The summed E-state index contributed by atoms with van der Waals surface area (Å²) in [6.45, 7) is 0. The molecule has 0 saturated heterocycles. The van der Waals surface area contributed by atoms with E-state index in [2.05, 4.69) is 9.97 Å². The van der Waals surface area contributed by atoms with Gasteiger partial charge in [0.2, 0.25) is 0 Å². The molecule has 0 atom stereocenters. The van der Waals surface area contributed by atoms with Crippen molar-refractivity contribution in [3.05, 3.63) is 63.2 Å². The number of hydrogen-bond donors (Lipinski definition) is 2. The van der Waals surface area contributed by atoms with Crippen LogP contribution in [0.5, 0.6) is 0 Å². The maximum Gasteiger partial charge on any atom is 0.334 e. The van der Waals surface area contributed by atoms with Crippen molar-refractivity contribution in [2.75, 3.05) is 5.73 Å². The molecule has 100 valence electrons. The molecule has 1 aromatic carbocycles. The zero-order valence-electron chi connectivity index (χ0n) is 10.1. The average molecular weight is 272 g/mol. The smallest absolute Gasteiger partial charge is 0.334 e. The van der Waals surface area contributed by atoms with Gasteiger partial charge in [-0.25, -0.2) is 18.7 Å². The van der Waals surface area contributed by atoms with E-state index in [4.69, 9.17) is 5.73 Å². The van der Waals surface area contributed by atoms with Gasteiger partial charge in [-0.05, 0) is 30.3 Å². The topological polar surface area (TPSA) is 93.8 Å². The third-order valence-corrected chi connectivity index (χ3v) is 2.85. The molecule has 0 saturated carbocycles. The van der Waals surface area contributed by atoms with Gasteiger partial charge in [-0.2, -0.15) is 0 Å². The number of H-pyrrole nitrogens is 1. The number of nitrogens with zero attached hydrogens (tertiary/aromatic N) is 2. The second kappa shape index (κ2) is 4.30. The van der Waals surface area contributed by atoms with E-state index in [-0.39, 0.29) is 11.0 Å². The molecule has 0 spiro atoms. The predicted molar refractivity (Wildman–Crippen MR) is 72.3 cm³/mol. The summed E-state index contributed by atoms with van der Waals surface area (Å²) in [4.78, 5) is 29.9. The first-order valence-electron chi connectivity index (χ1n) is 5.73. The minimum absolute atomic E-state index is 0.166. The fourth-order valence-corrected chi connectivity index (χ4v) is 1.97. The average Bonchev–Trinajstić information content (AvgIpc) is 2.41. The number of pyridine rings is 1. The zero-order chi connectivity index (χ0) is 14.3. The maximum absolute atomic E-state index is 13.0. The second-order valence-electron chi connectivity index (χ2n) is 4.21. The number of anilines is 1. The maximum atomic E-state index is 13.0. The Bertz CT molecular complexity index is 912. The molecular weight excluding hydrogens is 263 g/mol. The van der Waals surface area contributed by atoms with Gasteiger partial charge in [0.15, 0.2) is 5.65 Å². The number of fused-ring (bicyclic) bond motifs is 1. The summed E-state index contributed by atoms with van der Waals surface area (Å²) in [6, 6.07) is 6.71. The minimum atomic E-state index is -0.647. The van der Waals surface area contributed by atoms with E-state index in [1.807, 2.05) is 0 Å². The third-order valence-electron chi connectivity index (χ3n) is 2.85. The molecule has 7 heteroatoms. The number of aromatic nitrogens is 3. The molecule has 0 amide bonds.